The number of hydrogen-bond donors (Lipinski definition) is 1. The van der Waals surface area contributed by atoms with Gasteiger partial charge in [-0.15, -0.1) is 0 Å². The van der Waals surface area contributed by atoms with Crippen molar-refractivity contribution < 1.29 is 9.21 Å². The van der Waals surface area contributed by atoms with Crippen molar-refractivity contribution in [1.82, 2.24) is 5.32 Å². The average Bonchev–Trinajstić information content (AvgIpc) is 3.00. The summed E-state index contributed by atoms with van der Waals surface area (Å²) in [7, 11) is 0. The number of nitrogens with one attached hydrogen (secondary N) is 1. The van der Waals surface area contributed by atoms with Crippen molar-refractivity contribution in [2.45, 2.75) is 13.8 Å². The molecule has 0 unspecified atom stereocenters. The minimum Gasteiger partial charge on any atom is -0.462 e. The second kappa shape index (κ2) is 5.61. The number of amidine groups is 1. The normalized spacial score (nSPS) is 18.5. The molecule has 0 saturated carbocycles. The van der Waals surface area contributed by atoms with Gasteiger partial charge in [0.15, 0.2) is 5.17 Å². The van der Waals surface area contributed by atoms with Crippen LogP contribution < -0.4 is 5.32 Å². The zero-order valence-corrected chi connectivity index (χ0v) is 12.5. The van der Waals surface area contributed by atoms with Crippen LogP contribution in [0.5, 0.6) is 0 Å². The second-order valence-corrected chi connectivity index (χ2v) is 5.75. The largest absolute Gasteiger partial charge is 0.462 e. The van der Waals surface area contributed by atoms with E-state index in [9.17, 15) is 4.79 Å². The number of rotatable bonds is 2. The van der Waals surface area contributed by atoms with Crippen molar-refractivity contribution in [2.75, 3.05) is 0 Å². The molecule has 1 saturated heterocycles. The van der Waals surface area contributed by atoms with E-state index in [0.717, 1.165) is 17.0 Å². The van der Waals surface area contributed by atoms with E-state index in [1.165, 1.54) is 11.8 Å². The van der Waals surface area contributed by atoms with E-state index in [-0.39, 0.29) is 5.91 Å². The number of carbonyl (C=O) groups excluding carboxylic acids is 1. The predicted molar refractivity (Wildman–Crippen MR) is 85.4 cm³/mol. The Balaban J connectivity index is 1.85. The fraction of sp³-hybridized carbons (Fsp3) is 0.125. The van der Waals surface area contributed by atoms with Gasteiger partial charge in [-0.25, -0.2) is 4.99 Å². The van der Waals surface area contributed by atoms with Gasteiger partial charge in [0.25, 0.3) is 5.91 Å². The Kier molecular flexibility index (Phi) is 3.66. The number of carbonyl (C=O) groups is 1. The minimum absolute atomic E-state index is 0.151. The van der Waals surface area contributed by atoms with Gasteiger partial charge in [0, 0.05) is 6.08 Å². The molecule has 1 aromatic carbocycles. The summed E-state index contributed by atoms with van der Waals surface area (Å²) in [5.74, 6) is 1.34. The van der Waals surface area contributed by atoms with Crippen molar-refractivity contribution in [2.24, 2.45) is 4.99 Å². The quantitative estimate of drug-likeness (QED) is 0.858. The lowest BCUT2D eigenvalue weighted by Crippen LogP contribution is -2.19. The lowest BCUT2D eigenvalue weighted by atomic mass is 10.2. The van der Waals surface area contributed by atoms with Crippen LogP contribution in [0.15, 0.2) is 50.7 Å². The fourth-order valence-electron chi connectivity index (χ4n) is 1.94. The van der Waals surface area contributed by atoms with Gasteiger partial charge < -0.3 is 9.73 Å². The monoisotopic (exact) mass is 298 g/mol. The maximum atomic E-state index is 11.9. The molecule has 1 N–H and O–H groups in total. The molecular weight excluding hydrogens is 284 g/mol. The third-order valence-electron chi connectivity index (χ3n) is 3.02. The summed E-state index contributed by atoms with van der Waals surface area (Å²) >= 11 is 1.32. The number of aryl methyl sites for hydroxylation is 2. The highest BCUT2D eigenvalue weighted by atomic mass is 32.2. The summed E-state index contributed by atoms with van der Waals surface area (Å²) in [6, 6.07) is 11.5. The first-order chi connectivity index (χ1) is 10.1. The number of benzene rings is 1. The Hall–Kier alpha value is -2.27. The van der Waals surface area contributed by atoms with Crippen molar-refractivity contribution in [3.8, 4) is 0 Å². The van der Waals surface area contributed by atoms with Crippen molar-refractivity contribution >= 4 is 34.6 Å². The Labute approximate surface area is 127 Å². The molecule has 1 fully saturated rings. The first kappa shape index (κ1) is 13.7. The number of hydrogen-bond acceptors (Lipinski definition) is 4. The summed E-state index contributed by atoms with van der Waals surface area (Å²) in [6.45, 7) is 3.86. The van der Waals surface area contributed by atoms with E-state index in [2.05, 4.69) is 10.3 Å². The Morgan fingerprint density at radius 3 is 2.71 bits per heavy atom. The number of furan rings is 1. The van der Waals surface area contributed by atoms with Crippen LogP contribution in [-0.2, 0) is 4.79 Å². The second-order valence-electron chi connectivity index (χ2n) is 4.72. The molecule has 3 rings (SSSR count). The first-order valence-corrected chi connectivity index (χ1v) is 7.35. The lowest BCUT2D eigenvalue weighted by molar-refractivity contribution is -0.115. The van der Waals surface area contributed by atoms with E-state index >= 15 is 0 Å². The van der Waals surface area contributed by atoms with E-state index in [1.807, 2.05) is 50.2 Å². The van der Waals surface area contributed by atoms with Gasteiger partial charge >= 0.3 is 0 Å². The number of para-hydroxylation sites is 1. The van der Waals surface area contributed by atoms with Crippen LogP contribution in [0.2, 0.25) is 0 Å². The van der Waals surface area contributed by atoms with E-state index in [0.29, 0.717) is 15.8 Å². The molecular formula is C16H14N2O2S. The van der Waals surface area contributed by atoms with E-state index < -0.39 is 0 Å². The molecule has 1 aliphatic heterocycles. The van der Waals surface area contributed by atoms with Crippen LogP contribution in [0.3, 0.4) is 0 Å². The van der Waals surface area contributed by atoms with Crippen molar-refractivity contribution in [3.05, 3.63) is 58.4 Å². The fourth-order valence-corrected chi connectivity index (χ4v) is 2.75. The maximum absolute atomic E-state index is 11.9. The Morgan fingerprint density at radius 1 is 1.19 bits per heavy atom. The molecule has 106 valence electrons. The summed E-state index contributed by atoms with van der Waals surface area (Å²) < 4.78 is 5.46. The summed E-state index contributed by atoms with van der Waals surface area (Å²) in [5.41, 5.74) is 1.93. The van der Waals surface area contributed by atoms with Crippen LogP contribution in [0.4, 0.5) is 5.69 Å². The summed E-state index contributed by atoms with van der Waals surface area (Å²) in [5, 5.41) is 3.36. The highest BCUT2D eigenvalue weighted by Crippen LogP contribution is 2.29. The summed E-state index contributed by atoms with van der Waals surface area (Å²) in [6.07, 6.45) is 1.73. The molecule has 5 heteroatoms. The third-order valence-corrected chi connectivity index (χ3v) is 3.93. The Morgan fingerprint density at radius 2 is 2.00 bits per heavy atom. The van der Waals surface area contributed by atoms with Crippen LogP contribution in [0.1, 0.15) is 17.1 Å². The minimum atomic E-state index is -0.151. The van der Waals surface area contributed by atoms with Gasteiger partial charge in [-0.05, 0) is 49.4 Å². The van der Waals surface area contributed by atoms with Gasteiger partial charge in [-0.2, -0.15) is 0 Å². The first-order valence-electron chi connectivity index (χ1n) is 6.53. The molecule has 0 atom stereocenters. The zero-order valence-electron chi connectivity index (χ0n) is 11.7. The molecule has 0 spiro atoms. The van der Waals surface area contributed by atoms with Crippen LogP contribution in [0.25, 0.3) is 6.08 Å². The molecule has 0 bridgehead atoms. The lowest BCUT2D eigenvalue weighted by Gasteiger charge is -1.99. The van der Waals surface area contributed by atoms with Gasteiger partial charge in [-0.1, -0.05) is 18.2 Å². The van der Waals surface area contributed by atoms with E-state index in [4.69, 9.17) is 4.42 Å². The summed E-state index contributed by atoms with van der Waals surface area (Å²) in [4.78, 5) is 17.0. The highest BCUT2D eigenvalue weighted by molar-refractivity contribution is 8.18. The smallest absolute Gasteiger partial charge is 0.264 e. The number of aliphatic imine (C=N–C) groups is 1. The van der Waals surface area contributed by atoms with Gasteiger partial charge in [0.1, 0.15) is 11.5 Å². The standard InChI is InChI=1S/C16H14N2O2S/c1-10-5-3-4-6-13(10)17-16-18-15(19)14(21-16)9-12-8-7-11(2)20-12/h3-9H,1-2H3,(H,17,18,19)/b14-9+. The van der Waals surface area contributed by atoms with E-state index in [1.54, 1.807) is 6.08 Å². The zero-order chi connectivity index (χ0) is 14.8. The average molecular weight is 298 g/mol. The molecule has 1 amide bonds. The topological polar surface area (TPSA) is 54.6 Å². The molecule has 0 aliphatic carbocycles. The molecule has 2 aromatic rings. The predicted octanol–water partition coefficient (Wildman–Crippen LogP) is 3.79. The molecule has 0 radical (unpaired) electrons. The van der Waals surface area contributed by atoms with Crippen molar-refractivity contribution in [3.63, 3.8) is 0 Å². The Bertz CT molecular complexity index is 759. The van der Waals surface area contributed by atoms with Crippen LogP contribution in [-0.4, -0.2) is 11.1 Å². The molecule has 4 nitrogen and oxygen atoms in total. The number of thioether (sulfide) groups is 1. The molecule has 2 heterocycles. The third kappa shape index (κ3) is 3.08. The van der Waals surface area contributed by atoms with Crippen molar-refractivity contribution in [1.29, 1.82) is 0 Å². The maximum Gasteiger partial charge on any atom is 0.264 e. The number of nitrogens with zero attached hydrogens (tertiary/aromatic N) is 1. The highest BCUT2D eigenvalue weighted by Gasteiger charge is 2.24. The van der Waals surface area contributed by atoms with Crippen LogP contribution >= 0.6 is 11.8 Å². The van der Waals surface area contributed by atoms with Crippen LogP contribution in [0, 0.1) is 13.8 Å². The van der Waals surface area contributed by atoms with Gasteiger partial charge in [0.05, 0.1) is 10.6 Å². The van der Waals surface area contributed by atoms with Gasteiger partial charge in [0.2, 0.25) is 0 Å². The SMILES string of the molecule is Cc1ccc(/C=C2/SC(=Nc3ccccc3C)NC2=O)o1. The molecule has 1 aliphatic rings. The molecule has 21 heavy (non-hydrogen) atoms. The van der Waals surface area contributed by atoms with Gasteiger partial charge in [-0.3, -0.25) is 4.79 Å². The molecule has 1 aromatic heterocycles. The number of amides is 1.